The van der Waals surface area contributed by atoms with E-state index >= 15 is 0 Å². The van der Waals surface area contributed by atoms with Crippen molar-refractivity contribution < 1.29 is 9.66 Å². The number of nitrogens with zero attached hydrogens (tertiary/aromatic N) is 1. The quantitative estimate of drug-likeness (QED) is 0.719. The lowest BCUT2D eigenvalue weighted by molar-refractivity contribution is 0.480. The number of hydrogen-bond acceptors (Lipinski definition) is 4. The van der Waals surface area contributed by atoms with Crippen LogP contribution in [0.25, 0.3) is 22.0 Å². The summed E-state index contributed by atoms with van der Waals surface area (Å²) in [4.78, 5) is 18.5. The van der Waals surface area contributed by atoms with Gasteiger partial charge in [0.05, 0.1) is 18.0 Å². The molecule has 0 aliphatic rings. The molecule has 1 unspecified atom stereocenters. The smallest absolute Gasteiger partial charge is 0.258 e. The normalized spacial score (nSPS) is 12.4. The van der Waals surface area contributed by atoms with E-state index in [4.69, 9.17) is 0 Å². The highest BCUT2D eigenvalue weighted by molar-refractivity contribution is 7.90. The molecule has 23 heavy (non-hydrogen) atoms. The van der Waals surface area contributed by atoms with Crippen LogP contribution in [0.15, 0.2) is 47.5 Å². The molecule has 0 saturated carbocycles. The molecule has 0 saturated heterocycles. The first-order valence-electron chi connectivity index (χ1n) is 7.15. The van der Waals surface area contributed by atoms with E-state index in [9.17, 15) is 14.5 Å². The van der Waals surface area contributed by atoms with Crippen LogP contribution in [0.1, 0.15) is 5.56 Å². The summed E-state index contributed by atoms with van der Waals surface area (Å²) in [7, 11) is 0. The molecule has 0 fully saturated rings. The van der Waals surface area contributed by atoms with Crippen molar-refractivity contribution in [1.82, 2.24) is 9.97 Å². The van der Waals surface area contributed by atoms with Gasteiger partial charge in [0.25, 0.3) is 5.56 Å². The third-order valence-corrected chi connectivity index (χ3v) is 4.49. The number of H-pyrrole nitrogens is 1. The summed E-state index contributed by atoms with van der Waals surface area (Å²) in [6.07, 6.45) is 3.62. The Labute approximate surface area is 136 Å². The van der Waals surface area contributed by atoms with E-state index in [0.717, 1.165) is 16.7 Å². The number of phenols is 1. The van der Waals surface area contributed by atoms with Gasteiger partial charge in [0, 0.05) is 6.42 Å². The summed E-state index contributed by atoms with van der Waals surface area (Å²) < 4.78 is 11.4. The molecule has 1 heterocycles. The second kappa shape index (κ2) is 6.44. The van der Waals surface area contributed by atoms with E-state index in [-0.39, 0.29) is 16.8 Å². The molecule has 0 radical (unpaired) electrons. The maximum Gasteiger partial charge on any atom is 0.258 e. The highest BCUT2D eigenvalue weighted by atomic mass is 32.2. The molecule has 5 nitrogen and oxygen atoms in total. The molecule has 0 bridgehead atoms. The first-order valence-corrected chi connectivity index (χ1v) is 8.87. The minimum absolute atomic E-state index is 0.0301. The standard InChI is InChI=1S/C17H16N2O3S/c1-23(22)7-6-11-4-2-3-5-13(11)12-8-14-16(15(20)9-12)18-10-19-17(14)21/h2-5,8-10,20H,6-7H2,1H3,(H,18,19,21). The number of benzene rings is 2. The largest absolute Gasteiger partial charge is 0.617 e. The van der Waals surface area contributed by atoms with Gasteiger partial charge in [-0.25, -0.2) is 4.98 Å². The average Bonchev–Trinajstić information content (AvgIpc) is 2.54. The average molecular weight is 328 g/mol. The minimum atomic E-state index is -0.875. The molecule has 118 valence electrons. The molecular formula is C17H16N2O3S. The molecule has 2 N–H and O–H groups in total. The molecule has 2 aromatic carbocycles. The lowest BCUT2D eigenvalue weighted by Crippen LogP contribution is -2.07. The molecule has 3 aromatic rings. The number of aromatic nitrogens is 2. The Hall–Kier alpha value is -2.31. The Morgan fingerprint density at radius 1 is 1.30 bits per heavy atom. The fraction of sp³-hybridized carbons (Fsp3) is 0.176. The van der Waals surface area contributed by atoms with E-state index < -0.39 is 11.2 Å². The highest BCUT2D eigenvalue weighted by Gasteiger charge is 2.12. The number of aromatic hydroxyl groups is 1. The summed E-state index contributed by atoms with van der Waals surface area (Å²) in [6, 6.07) is 11.1. The van der Waals surface area contributed by atoms with Crippen molar-refractivity contribution in [2.45, 2.75) is 6.42 Å². The van der Waals surface area contributed by atoms with Gasteiger partial charge < -0.3 is 14.6 Å². The number of hydrogen-bond donors (Lipinski definition) is 2. The minimum Gasteiger partial charge on any atom is -0.617 e. The van der Waals surface area contributed by atoms with Crippen molar-refractivity contribution in [3.8, 4) is 16.9 Å². The number of phenolic OH excluding ortho intramolecular Hbond substituents is 1. The molecule has 0 spiro atoms. The SMILES string of the molecule is C[S+]([O-])CCc1ccccc1-c1cc(O)c2nc[nH]c(=O)c2c1. The van der Waals surface area contributed by atoms with Crippen LogP contribution in [0.4, 0.5) is 0 Å². The maximum absolute atomic E-state index is 12.0. The van der Waals surface area contributed by atoms with Crippen LogP contribution in [0, 0.1) is 0 Å². The molecule has 3 rings (SSSR count). The number of fused-ring (bicyclic) bond motifs is 1. The van der Waals surface area contributed by atoms with E-state index in [1.54, 1.807) is 18.4 Å². The molecular weight excluding hydrogens is 312 g/mol. The van der Waals surface area contributed by atoms with Gasteiger partial charge in [0.1, 0.15) is 17.0 Å². The summed E-state index contributed by atoms with van der Waals surface area (Å²) in [5, 5.41) is 10.5. The lowest BCUT2D eigenvalue weighted by atomic mass is 9.97. The van der Waals surface area contributed by atoms with Crippen LogP contribution in [-0.2, 0) is 17.6 Å². The first kappa shape index (κ1) is 15.6. The van der Waals surface area contributed by atoms with Gasteiger partial charge in [-0.2, -0.15) is 0 Å². The predicted octanol–water partition coefficient (Wildman–Crippen LogP) is 2.22. The van der Waals surface area contributed by atoms with Crippen molar-refractivity contribution >= 4 is 22.1 Å². The van der Waals surface area contributed by atoms with Crippen LogP contribution in [0.3, 0.4) is 0 Å². The summed E-state index contributed by atoms with van der Waals surface area (Å²) in [5.41, 5.74) is 2.68. The Morgan fingerprint density at radius 2 is 2.09 bits per heavy atom. The fourth-order valence-electron chi connectivity index (χ4n) is 2.59. The Morgan fingerprint density at radius 3 is 2.87 bits per heavy atom. The zero-order valence-electron chi connectivity index (χ0n) is 12.6. The number of nitrogens with one attached hydrogen (secondary N) is 1. The van der Waals surface area contributed by atoms with Crippen molar-refractivity contribution in [1.29, 1.82) is 0 Å². The van der Waals surface area contributed by atoms with E-state index in [0.29, 0.717) is 17.6 Å². The Balaban J connectivity index is 2.14. The van der Waals surface area contributed by atoms with Crippen molar-refractivity contribution in [2.24, 2.45) is 0 Å². The molecule has 0 amide bonds. The molecule has 1 atom stereocenters. The van der Waals surface area contributed by atoms with Crippen LogP contribution in [0.2, 0.25) is 0 Å². The summed E-state index contributed by atoms with van der Waals surface area (Å²) in [6.45, 7) is 0. The maximum atomic E-state index is 12.0. The third-order valence-electron chi connectivity index (χ3n) is 3.71. The summed E-state index contributed by atoms with van der Waals surface area (Å²) in [5.74, 6) is 0.538. The second-order valence-electron chi connectivity index (χ2n) is 5.31. The predicted molar refractivity (Wildman–Crippen MR) is 92.1 cm³/mol. The van der Waals surface area contributed by atoms with Gasteiger partial charge in [-0.05, 0) is 28.8 Å². The molecule has 0 aliphatic carbocycles. The van der Waals surface area contributed by atoms with Crippen LogP contribution >= 0.6 is 0 Å². The van der Waals surface area contributed by atoms with Crippen LogP contribution in [0.5, 0.6) is 5.75 Å². The third kappa shape index (κ3) is 3.23. The monoisotopic (exact) mass is 328 g/mol. The first-order chi connectivity index (χ1) is 11.1. The fourth-order valence-corrected chi connectivity index (χ4v) is 3.10. The second-order valence-corrected chi connectivity index (χ2v) is 6.86. The van der Waals surface area contributed by atoms with Crippen LogP contribution in [-0.4, -0.2) is 31.6 Å². The molecule has 1 aromatic heterocycles. The van der Waals surface area contributed by atoms with Gasteiger partial charge in [-0.1, -0.05) is 35.4 Å². The van der Waals surface area contributed by atoms with Gasteiger partial charge >= 0.3 is 0 Å². The lowest BCUT2D eigenvalue weighted by Gasteiger charge is -2.11. The van der Waals surface area contributed by atoms with Gasteiger partial charge in [0.2, 0.25) is 0 Å². The highest BCUT2D eigenvalue weighted by Crippen LogP contribution is 2.31. The molecule has 6 heteroatoms. The van der Waals surface area contributed by atoms with Crippen molar-refractivity contribution in [3.05, 3.63) is 58.6 Å². The van der Waals surface area contributed by atoms with Crippen LogP contribution < -0.4 is 5.56 Å². The topological polar surface area (TPSA) is 89.0 Å². The van der Waals surface area contributed by atoms with E-state index in [1.807, 2.05) is 24.3 Å². The van der Waals surface area contributed by atoms with E-state index in [1.165, 1.54) is 6.33 Å². The summed E-state index contributed by atoms with van der Waals surface area (Å²) >= 11 is -0.875. The van der Waals surface area contributed by atoms with E-state index in [2.05, 4.69) is 9.97 Å². The Bertz CT molecular complexity index is 906. The number of aryl methyl sites for hydroxylation is 1. The Kier molecular flexibility index (Phi) is 4.36. The van der Waals surface area contributed by atoms with Gasteiger partial charge in [-0.15, -0.1) is 0 Å². The zero-order chi connectivity index (χ0) is 16.4. The van der Waals surface area contributed by atoms with Gasteiger partial charge in [0.15, 0.2) is 0 Å². The van der Waals surface area contributed by atoms with Crippen molar-refractivity contribution in [2.75, 3.05) is 12.0 Å². The zero-order valence-corrected chi connectivity index (χ0v) is 13.4. The number of aromatic amines is 1. The van der Waals surface area contributed by atoms with Crippen molar-refractivity contribution in [3.63, 3.8) is 0 Å². The van der Waals surface area contributed by atoms with Gasteiger partial charge in [-0.3, -0.25) is 4.79 Å². The number of rotatable bonds is 4. The molecule has 0 aliphatic heterocycles.